The monoisotopic (exact) mass is 236 g/mol. The number of anilines is 1. The number of imidazole rings is 1. The van der Waals surface area contributed by atoms with Gasteiger partial charge < -0.3 is 14.8 Å². The molecule has 5 heteroatoms. The molecule has 0 aromatic carbocycles. The van der Waals surface area contributed by atoms with E-state index in [2.05, 4.69) is 17.2 Å². The fraction of sp³-hybridized carbons (Fsp3) is 0.667. The highest BCUT2D eigenvalue weighted by atomic mass is 16.2. The second-order valence-electron chi connectivity index (χ2n) is 4.44. The van der Waals surface area contributed by atoms with Gasteiger partial charge in [0.1, 0.15) is 6.04 Å². The summed E-state index contributed by atoms with van der Waals surface area (Å²) in [6, 6.07) is -0.208. The topological polar surface area (TPSA) is 50.2 Å². The highest BCUT2D eigenvalue weighted by molar-refractivity contribution is 5.84. The van der Waals surface area contributed by atoms with Crippen molar-refractivity contribution in [1.29, 1.82) is 0 Å². The van der Waals surface area contributed by atoms with Crippen LogP contribution < -0.4 is 5.32 Å². The molecule has 5 nitrogen and oxygen atoms in total. The molecule has 1 amide bonds. The van der Waals surface area contributed by atoms with Gasteiger partial charge in [-0.1, -0.05) is 0 Å². The van der Waals surface area contributed by atoms with Crippen LogP contribution in [0.2, 0.25) is 0 Å². The zero-order chi connectivity index (χ0) is 12.3. The molecule has 1 fully saturated rings. The molecule has 1 aliphatic heterocycles. The van der Waals surface area contributed by atoms with Crippen LogP contribution in [0, 0.1) is 0 Å². The van der Waals surface area contributed by atoms with Crippen LogP contribution in [0.3, 0.4) is 0 Å². The van der Waals surface area contributed by atoms with Crippen molar-refractivity contribution >= 4 is 11.9 Å². The molecular weight excluding hydrogens is 216 g/mol. The van der Waals surface area contributed by atoms with Gasteiger partial charge in [-0.3, -0.25) is 4.79 Å². The average molecular weight is 236 g/mol. The molecule has 2 rings (SSSR count). The van der Waals surface area contributed by atoms with Gasteiger partial charge in [0.15, 0.2) is 0 Å². The van der Waals surface area contributed by atoms with Crippen molar-refractivity contribution in [3.05, 3.63) is 12.4 Å². The minimum Gasteiger partial charge on any atom is -0.344 e. The minimum atomic E-state index is -0.208. The summed E-state index contributed by atoms with van der Waals surface area (Å²) in [6.45, 7) is 6.60. The predicted molar refractivity (Wildman–Crippen MR) is 66.8 cm³/mol. The molecule has 0 radical (unpaired) electrons. The van der Waals surface area contributed by atoms with Crippen LogP contribution in [0.1, 0.15) is 26.7 Å². The van der Waals surface area contributed by atoms with Gasteiger partial charge in [0.25, 0.3) is 0 Å². The maximum Gasteiger partial charge on any atom is 0.244 e. The highest BCUT2D eigenvalue weighted by Gasteiger charge is 2.23. The van der Waals surface area contributed by atoms with Gasteiger partial charge in [-0.15, -0.1) is 0 Å². The number of nitrogens with zero attached hydrogens (tertiary/aromatic N) is 3. The SMILES string of the molecule is CCn1ccnc1NC(C)C(=O)N1CCCC1. The van der Waals surface area contributed by atoms with Gasteiger partial charge in [-0.05, 0) is 26.7 Å². The number of aryl methyl sites for hydroxylation is 1. The first kappa shape index (κ1) is 12.0. The second-order valence-corrected chi connectivity index (χ2v) is 4.44. The minimum absolute atomic E-state index is 0.174. The first-order valence-electron chi connectivity index (χ1n) is 6.29. The van der Waals surface area contributed by atoms with Crippen LogP contribution in [0.5, 0.6) is 0 Å². The fourth-order valence-corrected chi connectivity index (χ4v) is 2.17. The summed E-state index contributed by atoms with van der Waals surface area (Å²) >= 11 is 0. The van der Waals surface area contributed by atoms with E-state index >= 15 is 0 Å². The van der Waals surface area contributed by atoms with E-state index < -0.39 is 0 Å². The number of likely N-dealkylation sites (tertiary alicyclic amines) is 1. The molecule has 1 saturated heterocycles. The molecule has 1 atom stereocenters. The maximum absolute atomic E-state index is 12.1. The molecule has 94 valence electrons. The molecule has 1 N–H and O–H groups in total. The van der Waals surface area contributed by atoms with E-state index in [1.54, 1.807) is 6.20 Å². The van der Waals surface area contributed by atoms with Gasteiger partial charge in [-0.2, -0.15) is 0 Å². The molecular formula is C12H20N4O. The lowest BCUT2D eigenvalue weighted by Gasteiger charge is -2.21. The average Bonchev–Trinajstić information content (AvgIpc) is 2.98. The van der Waals surface area contributed by atoms with E-state index in [0.29, 0.717) is 0 Å². The lowest BCUT2D eigenvalue weighted by molar-refractivity contribution is -0.130. The van der Waals surface area contributed by atoms with Gasteiger partial charge in [0.2, 0.25) is 11.9 Å². The summed E-state index contributed by atoms with van der Waals surface area (Å²) in [5.41, 5.74) is 0. The second kappa shape index (κ2) is 5.21. The Morgan fingerprint density at radius 3 is 2.88 bits per heavy atom. The number of hydrogen-bond donors (Lipinski definition) is 1. The third-order valence-corrected chi connectivity index (χ3v) is 3.19. The van der Waals surface area contributed by atoms with Crippen LogP contribution in [0.4, 0.5) is 5.95 Å². The molecule has 0 aliphatic carbocycles. The summed E-state index contributed by atoms with van der Waals surface area (Å²) in [5, 5.41) is 3.18. The summed E-state index contributed by atoms with van der Waals surface area (Å²) in [6.07, 6.45) is 5.92. The molecule has 1 unspecified atom stereocenters. The Morgan fingerprint density at radius 1 is 1.53 bits per heavy atom. The van der Waals surface area contributed by atoms with Crippen molar-refractivity contribution in [2.75, 3.05) is 18.4 Å². The third kappa shape index (κ3) is 2.60. The first-order valence-corrected chi connectivity index (χ1v) is 6.29. The lowest BCUT2D eigenvalue weighted by Crippen LogP contribution is -2.40. The van der Waals surface area contributed by atoms with Crippen molar-refractivity contribution in [1.82, 2.24) is 14.5 Å². The Bertz CT molecular complexity index is 382. The summed E-state index contributed by atoms with van der Waals surface area (Å²) in [4.78, 5) is 18.2. The van der Waals surface area contributed by atoms with E-state index in [-0.39, 0.29) is 11.9 Å². The number of aromatic nitrogens is 2. The largest absolute Gasteiger partial charge is 0.344 e. The molecule has 0 spiro atoms. The van der Waals surface area contributed by atoms with Crippen molar-refractivity contribution in [3.63, 3.8) is 0 Å². The Labute approximate surface area is 102 Å². The number of hydrogen-bond acceptors (Lipinski definition) is 3. The van der Waals surface area contributed by atoms with E-state index in [9.17, 15) is 4.79 Å². The number of rotatable bonds is 4. The van der Waals surface area contributed by atoms with E-state index in [4.69, 9.17) is 0 Å². The number of amides is 1. The third-order valence-electron chi connectivity index (χ3n) is 3.19. The van der Waals surface area contributed by atoms with Gasteiger partial charge in [-0.25, -0.2) is 4.98 Å². The molecule has 1 aromatic rings. The molecule has 17 heavy (non-hydrogen) atoms. The Balaban J connectivity index is 1.96. The van der Waals surface area contributed by atoms with Crippen molar-refractivity contribution < 1.29 is 4.79 Å². The smallest absolute Gasteiger partial charge is 0.244 e. The van der Waals surface area contributed by atoms with E-state index in [1.165, 1.54) is 0 Å². The van der Waals surface area contributed by atoms with E-state index in [1.807, 2.05) is 22.6 Å². The molecule has 2 heterocycles. The van der Waals surface area contributed by atoms with Gasteiger partial charge in [0, 0.05) is 32.0 Å². The zero-order valence-corrected chi connectivity index (χ0v) is 10.5. The summed E-state index contributed by atoms with van der Waals surface area (Å²) < 4.78 is 1.99. The maximum atomic E-state index is 12.1. The Hall–Kier alpha value is -1.52. The van der Waals surface area contributed by atoms with E-state index in [0.717, 1.165) is 38.4 Å². The zero-order valence-electron chi connectivity index (χ0n) is 10.5. The summed E-state index contributed by atoms with van der Waals surface area (Å²) in [7, 11) is 0. The summed E-state index contributed by atoms with van der Waals surface area (Å²) in [5.74, 6) is 0.945. The highest BCUT2D eigenvalue weighted by Crippen LogP contribution is 2.12. The number of carbonyl (C=O) groups excluding carboxylic acids is 1. The van der Waals surface area contributed by atoms with Crippen molar-refractivity contribution in [3.8, 4) is 0 Å². The molecule has 0 bridgehead atoms. The Kier molecular flexibility index (Phi) is 3.66. The fourth-order valence-electron chi connectivity index (χ4n) is 2.17. The molecule has 0 saturated carbocycles. The number of carbonyl (C=O) groups is 1. The number of nitrogens with one attached hydrogen (secondary N) is 1. The van der Waals surface area contributed by atoms with Crippen molar-refractivity contribution in [2.24, 2.45) is 0 Å². The van der Waals surface area contributed by atoms with Crippen LogP contribution >= 0.6 is 0 Å². The molecule has 1 aromatic heterocycles. The van der Waals surface area contributed by atoms with Crippen LogP contribution in [-0.2, 0) is 11.3 Å². The van der Waals surface area contributed by atoms with Gasteiger partial charge >= 0.3 is 0 Å². The standard InChI is InChI=1S/C12H20N4O/c1-3-15-9-6-13-12(15)14-10(2)11(17)16-7-4-5-8-16/h6,9-10H,3-5,7-8H2,1-2H3,(H,13,14). The normalized spacial score (nSPS) is 17.2. The van der Waals surface area contributed by atoms with Crippen LogP contribution in [0.15, 0.2) is 12.4 Å². The lowest BCUT2D eigenvalue weighted by atomic mass is 10.3. The first-order chi connectivity index (χ1) is 8.22. The quantitative estimate of drug-likeness (QED) is 0.858. The van der Waals surface area contributed by atoms with Crippen LogP contribution in [0.25, 0.3) is 0 Å². The predicted octanol–water partition coefficient (Wildman–Crippen LogP) is 1.33. The Morgan fingerprint density at radius 2 is 2.24 bits per heavy atom. The van der Waals surface area contributed by atoms with Crippen molar-refractivity contribution in [2.45, 2.75) is 39.3 Å². The molecule has 1 aliphatic rings. The van der Waals surface area contributed by atoms with Gasteiger partial charge in [0.05, 0.1) is 0 Å². The van der Waals surface area contributed by atoms with Crippen LogP contribution in [-0.4, -0.2) is 39.5 Å².